The Morgan fingerprint density at radius 1 is 1.09 bits per heavy atom. The molecule has 0 saturated heterocycles. The predicted octanol–water partition coefficient (Wildman–Crippen LogP) is 4.12. The molecular formula is C24H28N4O3S. The Morgan fingerprint density at radius 2 is 1.81 bits per heavy atom. The molecule has 0 spiro atoms. The first-order chi connectivity index (χ1) is 15.6. The number of carbonyl (C=O) groups is 1. The lowest BCUT2D eigenvalue weighted by Crippen LogP contribution is -2.37. The van der Waals surface area contributed by atoms with Gasteiger partial charge in [-0.2, -0.15) is 0 Å². The Morgan fingerprint density at radius 3 is 2.53 bits per heavy atom. The van der Waals surface area contributed by atoms with Crippen molar-refractivity contribution in [3.8, 4) is 11.5 Å². The lowest BCUT2D eigenvalue weighted by molar-refractivity contribution is -0.129. The molecule has 0 aliphatic carbocycles. The Kier molecular flexibility index (Phi) is 6.99. The van der Waals surface area contributed by atoms with Crippen molar-refractivity contribution in [1.29, 1.82) is 0 Å². The quantitative estimate of drug-likeness (QED) is 0.479. The Labute approximate surface area is 192 Å². The van der Waals surface area contributed by atoms with Crippen molar-refractivity contribution in [2.45, 2.75) is 44.6 Å². The number of benzene rings is 2. The minimum absolute atomic E-state index is 0.124. The second-order valence-electron chi connectivity index (χ2n) is 7.64. The first-order valence-electron chi connectivity index (χ1n) is 10.8. The summed E-state index contributed by atoms with van der Waals surface area (Å²) >= 11 is 1.43. The van der Waals surface area contributed by atoms with E-state index in [9.17, 15) is 4.79 Å². The fourth-order valence-corrected chi connectivity index (χ4v) is 4.75. The first-order valence-corrected chi connectivity index (χ1v) is 11.8. The highest BCUT2D eigenvalue weighted by Crippen LogP contribution is 2.26. The van der Waals surface area contributed by atoms with Crippen LogP contribution in [0.1, 0.15) is 36.9 Å². The van der Waals surface area contributed by atoms with E-state index < -0.39 is 0 Å². The van der Waals surface area contributed by atoms with Gasteiger partial charge in [0.15, 0.2) is 17.1 Å². The summed E-state index contributed by atoms with van der Waals surface area (Å²) in [7, 11) is 1.64. The predicted molar refractivity (Wildman–Crippen MR) is 124 cm³/mol. The zero-order valence-electron chi connectivity index (χ0n) is 18.7. The molecule has 1 aromatic heterocycles. The van der Waals surface area contributed by atoms with Crippen molar-refractivity contribution in [2.75, 3.05) is 19.4 Å². The van der Waals surface area contributed by atoms with E-state index in [0.29, 0.717) is 18.8 Å². The number of aromatic nitrogens is 3. The molecule has 2 heterocycles. The van der Waals surface area contributed by atoms with E-state index in [-0.39, 0.29) is 12.0 Å². The van der Waals surface area contributed by atoms with Gasteiger partial charge in [-0.1, -0.05) is 36.0 Å². The molecule has 0 bridgehead atoms. The standard InChI is InChI=1S/C24H28N4O3S/c1-4-28-23(17(2)31-21-11-9-20(30-3)10-12-21)25-26-24(28)32-16-22(29)27-14-13-18-7-5-6-8-19(18)15-27/h5-12,17H,4,13-16H2,1-3H3. The number of hydrogen-bond donors (Lipinski definition) is 0. The van der Waals surface area contributed by atoms with Gasteiger partial charge in [0.05, 0.1) is 12.9 Å². The zero-order valence-corrected chi connectivity index (χ0v) is 19.5. The Balaban J connectivity index is 1.38. The topological polar surface area (TPSA) is 69.5 Å². The number of amides is 1. The Hall–Kier alpha value is -3.00. The van der Waals surface area contributed by atoms with Crippen LogP contribution in [0.15, 0.2) is 53.7 Å². The summed E-state index contributed by atoms with van der Waals surface area (Å²) in [5.41, 5.74) is 2.58. The summed E-state index contributed by atoms with van der Waals surface area (Å²) in [5.74, 6) is 2.72. The Bertz CT molecular complexity index is 1070. The van der Waals surface area contributed by atoms with Gasteiger partial charge in [-0.3, -0.25) is 4.79 Å². The molecule has 0 N–H and O–H groups in total. The molecule has 0 saturated carbocycles. The van der Waals surface area contributed by atoms with Crippen molar-refractivity contribution in [3.05, 3.63) is 65.5 Å². The van der Waals surface area contributed by atoms with Gasteiger partial charge in [-0.05, 0) is 55.7 Å². The van der Waals surface area contributed by atoms with Gasteiger partial charge in [0.25, 0.3) is 0 Å². The van der Waals surface area contributed by atoms with Gasteiger partial charge in [0, 0.05) is 19.6 Å². The molecule has 1 unspecified atom stereocenters. The summed E-state index contributed by atoms with van der Waals surface area (Å²) in [6.45, 7) is 6.13. The van der Waals surface area contributed by atoms with E-state index >= 15 is 0 Å². The number of rotatable bonds is 8. The fraction of sp³-hybridized carbons (Fsp3) is 0.375. The average molecular weight is 453 g/mol. The number of thioether (sulfide) groups is 1. The molecule has 1 aliphatic heterocycles. The smallest absolute Gasteiger partial charge is 0.233 e. The van der Waals surface area contributed by atoms with Crippen LogP contribution in [0.3, 0.4) is 0 Å². The molecule has 168 valence electrons. The maximum absolute atomic E-state index is 12.8. The summed E-state index contributed by atoms with van der Waals surface area (Å²) < 4.78 is 13.2. The van der Waals surface area contributed by atoms with Gasteiger partial charge < -0.3 is 18.9 Å². The van der Waals surface area contributed by atoms with Crippen LogP contribution in [-0.2, 0) is 24.3 Å². The van der Waals surface area contributed by atoms with Crippen LogP contribution in [0.5, 0.6) is 11.5 Å². The maximum Gasteiger partial charge on any atom is 0.233 e. The summed E-state index contributed by atoms with van der Waals surface area (Å²) in [6.07, 6.45) is 0.627. The number of nitrogens with zero attached hydrogens (tertiary/aromatic N) is 4. The molecule has 1 atom stereocenters. The number of ether oxygens (including phenoxy) is 2. The van der Waals surface area contributed by atoms with E-state index in [4.69, 9.17) is 9.47 Å². The highest BCUT2D eigenvalue weighted by molar-refractivity contribution is 7.99. The molecular weight excluding hydrogens is 424 g/mol. The molecule has 2 aromatic carbocycles. The molecule has 0 fully saturated rings. The van der Waals surface area contributed by atoms with Crippen molar-refractivity contribution in [3.63, 3.8) is 0 Å². The molecule has 8 heteroatoms. The normalized spacial score (nSPS) is 14.0. The van der Waals surface area contributed by atoms with E-state index in [0.717, 1.165) is 35.4 Å². The van der Waals surface area contributed by atoms with Crippen molar-refractivity contribution in [2.24, 2.45) is 0 Å². The molecule has 7 nitrogen and oxygen atoms in total. The van der Waals surface area contributed by atoms with Gasteiger partial charge in [-0.25, -0.2) is 0 Å². The van der Waals surface area contributed by atoms with E-state index in [1.54, 1.807) is 7.11 Å². The average Bonchev–Trinajstić information content (AvgIpc) is 3.25. The molecule has 32 heavy (non-hydrogen) atoms. The van der Waals surface area contributed by atoms with E-state index in [2.05, 4.69) is 28.4 Å². The van der Waals surface area contributed by atoms with Crippen LogP contribution >= 0.6 is 11.8 Å². The van der Waals surface area contributed by atoms with E-state index in [1.165, 1.54) is 22.9 Å². The second-order valence-corrected chi connectivity index (χ2v) is 8.59. The third-order valence-electron chi connectivity index (χ3n) is 5.61. The fourth-order valence-electron chi connectivity index (χ4n) is 3.84. The van der Waals surface area contributed by atoms with Crippen LogP contribution in [0.25, 0.3) is 0 Å². The van der Waals surface area contributed by atoms with Crippen LogP contribution in [-0.4, -0.2) is 45.0 Å². The largest absolute Gasteiger partial charge is 0.497 e. The van der Waals surface area contributed by atoms with Gasteiger partial charge in [-0.15, -0.1) is 10.2 Å². The van der Waals surface area contributed by atoms with Gasteiger partial charge in [0.2, 0.25) is 5.91 Å². The monoisotopic (exact) mass is 452 g/mol. The number of carbonyl (C=O) groups excluding carboxylic acids is 1. The SMILES string of the molecule is CCn1c(SCC(=O)N2CCc3ccccc3C2)nnc1C(C)Oc1ccc(OC)cc1. The minimum atomic E-state index is -0.278. The highest BCUT2D eigenvalue weighted by Gasteiger charge is 2.23. The lowest BCUT2D eigenvalue weighted by atomic mass is 10.00. The summed E-state index contributed by atoms with van der Waals surface area (Å²) in [5, 5.41) is 9.42. The molecule has 1 aliphatic rings. The maximum atomic E-state index is 12.8. The van der Waals surface area contributed by atoms with Crippen molar-refractivity contribution < 1.29 is 14.3 Å². The van der Waals surface area contributed by atoms with Crippen molar-refractivity contribution in [1.82, 2.24) is 19.7 Å². The third kappa shape index (κ3) is 4.91. The van der Waals surface area contributed by atoms with Gasteiger partial charge >= 0.3 is 0 Å². The minimum Gasteiger partial charge on any atom is -0.497 e. The van der Waals surface area contributed by atoms with Gasteiger partial charge in [0.1, 0.15) is 11.5 Å². The van der Waals surface area contributed by atoms with Crippen LogP contribution < -0.4 is 9.47 Å². The van der Waals surface area contributed by atoms with Crippen LogP contribution in [0, 0.1) is 0 Å². The molecule has 1 amide bonds. The third-order valence-corrected chi connectivity index (χ3v) is 6.56. The molecule has 0 radical (unpaired) electrons. The number of fused-ring (bicyclic) bond motifs is 1. The van der Waals surface area contributed by atoms with Crippen LogP contribution in [0.4, 0.5) is 0 Å². The summed E-state index contributed by atoms with van der Waals surface area (Å²) in [6, 6.07) is 15.8. The number of methoxy groups -OCH3 is 1. The lowest BCUT2D eigenvalue weighted by Gasteiger charge is -2.28. The molecule has 4 rings (SSSR count). The zero-order chi connectivity index (χ0) is 22.5. The second kappa shape index (κ2) is 10.1. The van der Waals surface area contributed by atoms with Crippen LogP contribution in [0.2, 0.25) is 0 Å². The number of hydrogen-bond acceptors (Lipinski definition) is 6. The first kappa shape index (κ1) is 22.2. The highest BCUT2D eigenvalue weighted by atomic mass is 32.2. The summed E-state index contributed by atoms with van der Waals surface area (Å²) in [4.78, 5) is 14.8. The van der Waals surface area contributed by atoms with E-state index in [1.807, 2.05) is 53.6 Å². The van der Waals surface area contributed by atoms with Crippen molar-refractivity contribution >= 4 is 17.7 Å². The molecule has 3 aromatic rings.